The Balaban J connectivity index is 2.59. The van der Waals surface area contributed by atoms with E-state index in [-0.39, 0.29) is 24.6 Å². The smallest absolute Gasteiger partial charge is 0.325 e. The summed E-state index contributed by atoms with van der Waals surface area (Å²) in [6.07, 6.45) is 2.25. The van der Waals surface area contributed by atoms with Gasteiger partial charge in [0, 0.05) is 0 Å². The van der Waals surface area contributed by atoms with Crippen molar-refractivity contribution in [3.05, 3.63) is 29.8 Å². The zero-order valence-corrected chi connectivity index (χ0v) is 14.0. The van der Waals surface area contributed by atoms with Crippen LogP contribution in [0, 0.1) is 0 Å². The fourth-order valence-corrected chi connectivity index (χ4v) is 2.08. The summed E-state index contributed by atoms with van der Waals surface area (Å²) in [5.74, 6) is -1.13. The van der Waals surface area contributed by atoms with E-state index >= 15 is 0 Å². The van der Waals surface area contributed by atoms with Crippen LogP contribution in [0.15, 0.2) is 24.3 Å². The minimum absolute atomic E-state index is 0.104. The van der Waals surface area contributed by atoms with E-state index in [1.54, 1.807) is 12.1 Å². The van der Waals surface area contributed by atoms with Gasteiger partial charge in [-0.15, -0.1) is 0 Å². The SMILES string of the molecule is CCCC[C@H](NC(=O)Cc1ccc(O)cc1)C(=O)NCC(=O)OC. The van der Waals surface area contributed by atoms with Gasteiger partial charge in [0.15, 0.2) is 0 Å². The Hall–Kier alpha value is -2.57. The minimum atomic E-state index is -0.695. The van der Waals surface area contributed by atoms with Gasteiger partial charge in [-0.05, 0) is 24.1 Å². The normalized spacial score (nSPS) is 11.4. The van der Waals surface area contributed by atoms with Crippen molar-refractivity contribution in [2.45, 2.75) is 38.6 Å². The van der Waals surface area contributed by atoms with Gasteiger partial charge < -0.3 is 20.5 Å². The molecule has 132 valence electrons. The molecule has 0 aliphatic heterocycles. The number of benzene rings is 1. The molecule has 7 nitrogen and oxygen atoms in total. The predicted molar refractivity (Wildman–Crippen MR) is 88.3 cm³/mol. The molecule has 24 heavy (non-hydrogen) atoms. The van der Waals surface area contributed by atoms with Crippen LogP contribution in [-0.2, 0) is 25.5 Å². The molecule has 0 bridgehead atoms. The molecule has 0 saturated carbocycles. The van der Waals surface area contributed by atoms with Crippen molar-refractivity contribution in [1.82, 2.24) is 10.6 Å². The number of carbonyl (C=O) groups is 3. The second-order valence-electron chi connectivity index (χ2n) is 5.40. The molecule has 0 aliphatic rings. The Kier molecular flexibility index (Phi) is 8.32. The van der Waals surface area contributed by atoms with E-state index < -0.39 is 17.9 Å². The summed E-state index contributed by atoms with van der Waals surface area (Å²) >= 11 is 0. The number of hydrogen-bond acceptors (Lipinski definition) is 5. The molecule has 0 radical (unpaired) electrons. The molecule has 2 amide bonds. The molecule has 1 rings (SSSR count). The largest absolute Gasteiger partial charge is 0.508 e. The maximum Gasteiger partial charge on any atom is 0.325 e. The lowest BCUT2D eigenvalue weighted by Crippen LogP contribution is -2.48. The Bertz CT molecular complexity index is 557. The molecule has 7 heteroatoms. The summed E-state index contributed by atoms with van der Waals surface area (Å²) in [6, 6.07) is 5.60. The molecule has 1 aromatic rings. The molecule has 0 spiro atoms. The van der Waals surface area contributed by atoms with Crippen LogP contribution in [-0.4, -0.2) is 42.6 Å². The summed E-state index contributed by atoms with van der Waals surface area (Å²) < 4.78 is 4.47. The Morgan fingerprint density at radius 2 is 1.88 bits per heavy atom. The topological polar surface area (TPSA) is 105 Å². The molecular weight excluding hydrogens is 312 g/mol. The quantitative estimate of drug-likeness (QED) is 0.581. The van der Waals surface area contributed by atoms with Crippen molar-refractivity contribution < 1.29 is 24.2 Å². The average Bonchev–Trinajstić information content (AvgIpc) is 2.58. The number of methoxy groups -OCH3 is 1. The van der Waals surface area contributed by atoms with Gasteiger partial charge in [0.05, 0.1) is 13.5 Å². The first kappa shape index (κ1) is 19.5. The van der Waals surface area contributed by atoms with Gasteiger partial charge in [0.2, 0.25) is 11.8 Å². The number of carbonyl (C=O) groups excluding carboxylic acids is 3. The zero-order chi connectivity index (χ0) is 17.9. The number of nitrogens with one attached hydrogen (secondary N) is 2. The monoisotopic (exact) mass is 336 g/mol. The third kappa shape index (κ3) is 7.13. The second-order valence-corrected chi connectivity index (χ2v) is 5.40. The Morgan fingerprint density at radius 3 is 2.46 bits per heavy atom. The Morgan fingerprint density at radius 1 is 1.21 bits per heavy atom. The molecule has 0 aliphatic carbocycles. The molecular formula is C17H24N2O5. The molecule has 0 fully saturated rings. The highest BCUT2D eigenvalue weighted by atomic mass is 16.5. The third-order valence-electron chi connectivity index (χ3n) is 3.43. The highest BCUT2D eigenvalue weighted by molar-refractivity contribution is 5.90. The maximum atomic E-state index is 12.1. The standard InChI is InChI=1S/C17H24N2O5/c1-3-4-5-14(17(23)18-11-16(22)24-2)19-15(21)10-12-6-8-13(20)9-7-12/h6-9,14,20H,3-5,10-11H2,1-2H3,(H,18,23)(H,19,21)/t14-/m0/s1. The van der Waals surface area contributed by atoms with Crippen LogP contribution >= 0.6 is 0 Å². The summed E-state index contributed by atoms with van der Waals surface area (Å²) in [4.78, 5) is 35.4. The van der Waals surface area contributed by atoms with Crippen LogP contribution in [0.3, 0.4) is 0 Å². The number of rotatable bonds is 9. The van der Waals surface area contributed by atoms with Gasteiger partial charge in [-0.3, -0.25) is 14.4 Å². The van der Waals surface area contributed by atoms with Crippen molar-refractivity contribution in [3.63, 3.8) is 0 Å². The van der Waals surface area contributed by atoms with Gasteiger partial charge in [-0.1, -0.05) is 31.9 Å². The molecule has 0 saturated heterocycles. The maximum absolute atomic E-state index is 12.1. The van der Waals surface area contributed by atoms with E-state index in [1.165, 1.54) is 19.2 Å². The first-order valence-corrected chi connectivity index (χ1v) is 7.88. The van der Waals surface area contributed by atoms with Crippen LogP contribution in [0.5, 0.6) is 5.75 Å². The van der Waals surface area contributed by atoms with Crippen LogP contribution in [0.4, 0.5) is 0 Å². The van der Waals surface area contributed by atoms with E-state index in [0.29, 0.717) is 6.42 Å². The van der Waals surface area contributed by atoms with Crippen molar-refractivity contribution in [3.8, 4) is 5.75 Å². The van der Waals surface area contributed by atoms with Gasteiger partial charge in [-0.25, -0.2) is 0 Å². The van der Waals surface area contributed by atoms with Gasteiger partial charge in [-0.2, -0.15) is 0 Å². The van der Waals surface area contributed by atoms with Gasteiger partial charge in [0.25, 0.3) is 0 Å². The van der Waals surface area contributed by atoms with E-state index in [2.05, 4.69) is 15.4 Å². The lowest BCUT2D eigenvalue weighted by atomic mass is 10.1. The van der Waals surface area contributed by atoms with Gasteiger partial charge >= 0.3 is 5.97 Å². The number of unbranched alkanes of at least 4 members (excludes halogenated alkanes) is 1. The van der Waals surface area contributed by atoms with Crippen molar-refractivity contribution in [1.29, 1.82) is 0 Å². The minimum Gasteiger partial charge on any atom is -0.508 e. The summed E-state index contributed by atoms with van der Waals surface area (Å²) in [5, 5.41) is 14.4. The summed E-state index contributed by atoms with van der Waals surface area (Å²) in [7, 11) is 1.24. The number of esters is 1. The molecule has 0 unspecified atom stereocenters. The molecule has 3 N–H and O–H groups in total. The number of ether oxygens (including phenoxy) is 1. The molecule has 1 aromatic carbocycles. The second kappa shape index (κ2) is 10.3. The highest BCUT2D eigenvalue weighted by Gasteiger charge is 2.20. The van der Waals surface area contributed by atoms with Crippen LogP contribution in [0.2, 0.25) is 0 Å². The zero-order valence-electron chi connectivity index (χ0n) is 14.0. The van der Waals surface area contributed by atoms with E-state index in [4.69, 9.17) is 0 Å². The summed E-state index contributed by atoms with van der Waals surface area (Å²) in [6.45, 7) is 1.76. The number of phenolic OH excluding ortho intramolecular Hbond substituents is 1. The number of phenols is 1. The lowest BCUT2D eigenvalue weighted by molar-refractivity contribution is -0.141. The van der Waals surface area contributed by atoms with Crippen molar-refractivity contribution >= 4 is 17.8 Å². The molecule has 0 heterocycles. The fraction of sp³-hybridized carbons (Fsp3) is 0.471. The van der Waals surface area contributed by atoms with Crippen LogP contribution in [0.1, 0.15) is 31.7 Å². The average molecular weight is 336 g/mol. The Labute approximate surface area is 141 Å². The number of aromatic hydroxyl groups is 1. The molecule has 0 aromatic heterocycles. The lowest BCUT2D eigenvalue weighted by Gasteiger charge is -2.18. The van der Waals surface area contributed by atoms with E-state index in [0.717, 1.165) is 18.4 Å². The van der Waals surface area contributed by atoms with Crippen LogP contribution in [0.25, 0.3) is 0 Å². The highest BCUT2D eigenvalue weighted by Crippen LogP contribution is 2.10. The third-order valence-corrected chi connectivity index (χ3v) is 3.43. The van der Waals surface area contributed by atoms with E-state index in [9.17, 15) is 19.5 Å². The first-order chi connectivity index (χ1) is 11.5. The first-order valence-electron chi connectivity index (χ1n) is 7.88. The van der Waals surface area contributed by atoms with E-state index in [1.807, 2.05) is 6.92 Å². The predicted octanol–water partition coefficient (Wildman–Crippen LogP) is 0.899. The summed E-state index contributed by atoms with van der Waals surface area (Å²) in [5.41, 5.74) is 0.731. The molecule has 1 atom stereocenters. The van der Waals surface area contributed by atoms with Gasteiger partial charge in [0.1, 0.15) is 18.3 Å². The van der Waals surface area contributed by atoms with Crippen molar-refractivity contribution in [2.75, 3.05) is 13.7 Å². The number of hydrogen-bond donors (Lipinski definition) is 3. The number of amides is 2. The van der Waals surface area contributed by atoms with Crippen molar-refractivity contribution in [2.24, 2.45) is 0 Å². The fourth-order valence-electron chi connectivity index (χ4n) is 2.08. The van der Waals surface area contributed by atoms with Crippen LogP contribution < -0.4 is 10.6 Å².